The number of benzene rings is 2. The van der Waals surface area contributed by atoms with Crippen molar-refractivity contribution >= 4 is 23.1 Å². The van der Waals surface area contributed by atoms with Gasteiger partial charge in [-0.1, -0.05) is 35.9 Å². The summed E-state index contributed by atoms with van der Waals surface area (Å²) < 4.78 is 1.74. The average Bonchev–Trinajstić information content (AvgIpc) is 3.09. The second-order valence-electron chi connectivity index (χ2n) is 7.94. The van der Waals surface area contributed by atoms with E-state index in [1.807, 2.05) is 50.2 Å². The van der Waals surface area contributed by atoms with Crippen molar-refractivity contribution in [3.8, 4) is 11.6 Å². The molecule has 30 heavy (non-hydrogen) atoms. The number of aromatic hydroxyl groups is 1. The van der Waals surface area contributed by atoms with E-state index in [0.29, 0.717) is 5.56 Å². The highest BCUT2D eigenvalue weighted by molar-refractivity contribution is 7.71. The van der Waals surface area contributed by atoms with Crippen LogP contribution in [0, 0.1) is 18.6 Å². The fraction of sp³-hybridized carbons (Fsp3) is 0.217. The second-order valence-corrected chi connectivity index (χ2v) is 8.32. The summed E-state index contributed by atoms with van der Waals surface area (Å²) in [6.45, 7) is 4.82. The maximum absolute atomic E-state index is 13.0. The number of rotatable bonds is 2. The van der Waals surface area contributed by atoms with Crippen molar-refractivity contribution in [1.82, 2.24) is 14.5 Å². The van der Waals surface area contributed by atoms with Crippen molar-refractivity contribution in [2.24, 2.45) is 0 Å². The van der Waals surface area contributed by atoms with E-state index in [2.05, 4.69) is 21.4 Å². The molecule has 0 saturated carbocycles. The number of nitrogens with one attached hydrogen (secondary N) is 2. The average molecular weight is 420 g/mol. The van der Waals surface area contributed by atoms with Crippen LogP contribution in [0.1, 0.15) is 34.0 Å². The van der Waals surface area contributed by atoms with Gasteiger partial charge in [-0.15, -0.1) is 0 Å². The number of hydrogen-bond acceptors (Lipinski definition) is 3. The quantitative estimate of drug-likeness (QED) is 0.377. The molecule has 2 aromatic carbocycles. The van der Waals surface area contributed by atoms with Crippen LogP contribution >= 0.6 is 12.2 Å². The van der Waals surface area contributed by atoms with E-state index in [1.54, 1.807) is 4.57 Å². The molecule has 4 aromatic rings. The van der Waals surface area contributed by atoms with Crippen molar-refractivity contribution < 1.29 is 10.4 Å². The third-order valence-corrected chi connectivity index (χ3v) is 6.26. The Morgan fingerprint density at radius 1 is 1.17 bits per heavy atom. The van der Waals surface area contributed by atoms with Crippen LogP contribution in [0.15, 0.2) is 47.3 Å². The molecule has 5 N–H and O–H groups in total. The lowest BCUT2D eigenvalue weighted by Gasteiger charge is -2.23. The Hall–Kier alpha value is -3.16. The van der Waals surface area contributed by atoms with Crippen LogP contribution in [0.25, 0.3) is 16.6 Å². The molecule has 6 nitrogen and oxygen atoms in total. The number of nitrogens with two attached hydrogens (primary N) is 1. The van der Waals surface area contributed by atoms with Gasteiger partial charge in [-0.2, -0.15) is 0 Å². The molecule has 0 radical (unpaired) electrons. The van der Waals surface area contributed by atoms with Gasteiger partial charge in [0.25, 0.3) is 5.56 Å². The number of aromatic amines is 2. The summed E-state index contributed by atoms with van der Waals surface area (Å²) in [5.41, 5.74) is 6.02. The minimum Gasteiger partial charge on any atom is -0.494 e. The first-order chi connectivity index (χ1) is 14.5. The highest BCUT2D eigenvalue weighted by atomic mass is 32.1. The summed E-state index contributed by atoms with van der Waals surface area (Å²) in [6, 6.07) is 13.7. The zero-order valence-electron chi connectivity index (χ0n) is 16.8. The molecule has 152 valence electrons. The zero-order chi connectivity index (χ0) is 21.0. The van der Waals surface area contributed by atoms with E-state index < -0.39 is 0 Å². The minimum atomic E-state index is -0.355. The van der Waals surface area contributed by atoms with Gasteiger partial charge in [-0.3, -0.25) is 14.3 Å². The molecule has 7 heteroatoms. The maximum Gasteiger partial charge on any atom is 0.265 e. The predicted molar refractivity (Wildman–Crippen MR) is 119 cm³/mol. The summed E-state index contributed by atoms with van der Waals surface area (Å²) in [4.78, 5) is 19.2. The predicted octanol–water partition coefficient (Wildman–Crippen LogP) is 2.91. The topological polar surface area (TPSA) is 90.4 Å². The number of aromatic nitrogens is 3. The van der Waals surface area contributed by atoms with E-state index in [0.717, 1.165) is 41.0 Å². The van der Waals surface area contributed by atoms with E-state index >= 15 is 0 Å². The van der Waals surface area contributed by atoms with E-state index in [-0.39, 0.29) is 22.3 Å². The lowest BCUT2D eigenvalue weighted by molar-refractivity contribution is -0.690. The Labute approximate surface area is 178 Å². The lowest BCUT2D eigenvalue weighted by Crippen LogP contribution is -2.87. The number of aryl methyl sites for hydroxylation is 2. The summed E-state index contributed by atoms with van der Waals surface area (Å²) in [7, 11) is 0. The molecule has 1 aliphatic rings. The van der Waals surface area contributed by atoms with Gasteiger partial charge >= 0.3 is 0 Å². The van der Waals surface area contributed by atoms with Gasteiger partial charge in [0, 0.05) is 17.3 Å². The summed E-state index contributed by atoms with van der Waals surface area (Å²) in [6.07, 6.45) is 0.907. The van der Waals surface area contributed by atoms with Crippen LogP contribution in [0.4, 0.5) is 0 Å². The van der Waals surface area contributed by atoms with Crippen LogP contribution in [0.2, 0.25) is 0 Å². The second kappa shape index (κ2) is 6.97. The monoisotopic (exact) mass is 419 g/mol. The molecular weight excluding hydrogens is 396 g/mol. The molecule has 0 fully saturated rings. The highest BCUT2D eigenvalue weighted by Gasteiger charge is 2.34. The number of H-pyrrole nitrogens is 2. The summed E-state index contributed by atoms with van der Waals surface area (Å²) in [5, 5.41) is 14.6. The van der Waals surface area contributed by atoms with Gasteiger partial charge in [0.05, 0.1) is 17.9 Å². The number of quaternary nitrogens is 1. The molecule has 0 spiro atoms. The SMILES string of the molecule is Cc1ccc(-n2c(O)c([C@@H]3[NH2+]CCc4c3[nH]c3ccccc43)c(=O)[nH]c2=S)c(C)c1. The first kappa shape index (κ1) is 18.8. The van der Waals surface area contributed by atoms with Crippen molar-refractivity contribution in [3.63, 3.8) is 0 Å². The highest BCUT2D eigenvalue weighted by Crippen LogP contribution is 2.33. The molecular formula is C23H23N4O2S+. The molecule has 0 unspecified atom stereocenters. The van der Waals surface area contributed by atoms with Crippen LogP contribution in [0.5, 0.6) is 5.88 Å². The number of nitrogens with zero attached hydrogens (tertiary/aromatic N) is 1. The molecule has 0 saturated heterocycles. The Morgan fingerprint density at radius 2 is 1.97 bits per heavy atom. The van der Waals surface area contributed by atoms with Crippen LogP contribution < -0.4 is 10.9 Å². The molecule has 5 rings (SSSR count). The molecule has 2 aromatic heterocycles. The zero-order valence-corrected chi connectivity index (χ0v) is 17.6. The van der Waals surface area contributed by atoms with Crippen LogP contribution in [-0.2, 0) is 6.42 Å². The van der Waals surface area contributed by atoms with Gasteiger partial charge in [0.15, 0.2) is 10.8 Å². The number of para-hydroxylation sites is 1. The van der Waals surface area contributed by atoms with E-state index in [4.69, 9.17) is 12.2 Å². The standard InChI is InChI=1S/C23H22N4O2S/c1-12-7-8-17(13(2)11-12)27-22(29)18(21(28)26-23(27)30)20-19-15(9-10-24-20)14-5-3-4-6-16(14)25-19/h3-8,11,20,24-25,29H,9-10H2,1-2H3,(H,26,28,30)/p+1/t20-/m0/s1. The fourth-order valence-corrected chi connectivity index (χ4v) is 4.91. The molecule has 3 heterocycles. The van der Waals surface area contributed by atoms with E-state index in [9.17, 15) is 9.90 Å². The van der Waals surface area contributed by atoms with E-state index in [1.165, 1.54) is 10.9 Å². The maximum atomic E-state index is 13.0. The Bertz CT molecular complexity index is 1410. The number of fused-ring (bicyclic) bond motifs is 3. The summed E-state index contributed by atoms with van der Waals surface area (Å²) in [5.74, 6) is -0.108. The van der Waals surface area contributed by atoms with Gasteiger partial charge in [0.2, 0.25) is 5.88 Å². The third-order valence-electron chi connectivity index (χ3n) is 5.98. The molecule has 0 aliphatic carbocycles. The van der Waals surface area contributed by atoms with Gasteiger partial charge < -0.3 is 15.4 Å². The molecule has 0 amide bonds. The smallest absolute Gasteiger partial charge is 0.265 e. The van der Waals surface area contributed by atoms with Gasteiger partial charge in [-0.25, -0.2) is 0 Å². The van der Waals surface area contributed by atoms with Crippen molar-refractivity contribution in [3.05, 3.63) is 85.5 Å². The normalized spacial score (nSPS) is 16.0. The third kappa shape index (κ3) is 2.81. The van der Waals surface area contributed by atoms with Crippen LogP contribution in [0.3, 0.4) is 0 Å². The lowest BCUT2D eigenvalue weighted by atomic mass is 9.95. The largest absolute Gasteiger partial charge is 0.494 e. The Morgan fingerprint density at radius 3 is 2.77 bits per heavy atom. The van der Waals surface area contributed by atoms with Gasteiger partial charge in [-0.05, 0) is 49.3 Å². The van der Waals surface area contributed by atoms with Crippen molar-refractivity contribution in [2.75, 3.05) is 6.54 Å². The van der Waals surface area contributed by atoms with Gasteiger partial charge in [0.1, 0.15) is 5.56 Å². The molecule has 0 bridgehead atoms. The van der Waals surface area contributed by atoms with Crippen LogP contribution in [-0.4, -0.2) is 26.2 Å². The fourth-order valence-electron chi connectivity index (χ4n) is 4.63. The molecule has 1 aliphatic heterocycles. The minimum absolute atomic E-state index is 0.108. The van der Waals surface area contributed by atoms with Crippen molar-refractivity contribution in [1.29, 1.82) is 0 Å². The van der Waals surface area contributed by atoms with Crippen molar-refractivity contribution in [2.45, 2.75) is 26.3 Å². The molecule has 1 atom stereocenters. The Kier molecular flexibility index (Phi) is 4.38. The Balaban J connectivity index is 1.76. The first-order valence-corrected chi connectivity index (χ1v) is 10.4. The summed E-state index contributed by atoms with van der Waals surface area (Å²) >= 11 is 5.42. The number of hydrogen-bond donors (Lipinski definition) is 4. The first-order valence-electron chi connectivity index (χ1n) is 10.0.